The van der Waals surface area contributed by atoms with Crippen LogP contribution in [0.15, 0.2) is 11.6 Å². The van der Waals surface area contributed by atoms with Crippen LogP contribution in [-0.2, 0) is 7.05 Å². The molecule has 2 aromatic rings. The summed E-state index contributed by atoms with van der Waals surface area (Å²) in [6.45, 7) is 3.95. The molecule has 0 spiro atoms. The van der Waals surface area contributed by atoms with E-state index >= 15 is 0 Å². The minimum atomic E-state index is 0.136. The Kier molecular flexibility index (Phi) is 2.82. The second-order valence-corrected chi connectivity index (χ2v) is 4.63. The lowest BCUT2D eigenvalue weighted by atomic mass is 10.3. The quantitative estimate of drug-likeness (QED) is 0.856. The first kappa shape index (κ1) is 10.9. The molecular weight excluding hydrogens is 222 g/mol. The Labute approximate surface area is 98.3 Å². The summed E-state index contributed by atoms with van der Waals surface area (Å²) in [6, 6.07) is 0.136. The molecule has 0 saturated carbocycles. The lowest BCUT2D eigenvalue weighted by Crippen LogP contribution is -2.11. The van der Waals surface area contributed by atoms with Gasteiger partial charge in [-0.05, 0) is 13.8 Å². The fourth-order valence-electron chi connectivity index (χ4n) is 1.56. The minimum absolute atomic E-state index is 0.136. The summed E-state index contributed by atoms with van der Waals surface area (Å²) in [5.74, 6) is 0.847. The van der Waals surface area contributed by atoms with Gasteiger partial charge in [0.15, 0.2) is 0 Å². The van der Waals surface area contributed by atoms with E-state index in [0.717, 1.165) is 16.5 Å². The van der Waals surface area contributed by atoms with Crippen molar-refractivity contribution in [2.24, 2.45) is 7.05 Å². The van der Waals surface area contributed by atoms with Crippen molar-refractivity contribution >= 4 is 22.8 Å². The van der Waals surface area contributed by atoms with E-state index < -0.39 is 0 Å². The third-order valence-corrected chi connectivity index (χ3v) is 3.40. The number of hydrogen-bond donors (Lipinski definition) is 2. The molecule has 0 aliphatic rings. The van der Waals surface area contributed by atoms with Crippen LogP contribution < -0.4 is 11.1 Å². The largest absolute Gasteiger partial charge is 0.394 e. The van der Waals surface area contributed by atoms with Gasteiger partial charge < -0.3 is 11.1 Å². The SMILES string of the molecule is Cc1nn(C)c(NC(C)c2nccs2)c1N. The van der Waals surface area contributed by atoms with Gasteiger partial charge in [-0.3, -0.25) is 4.68 Å². The third-order valence-electron chi connectivity index (χ3n) is 2.44. The maximum absolute atomic E-state index is 5.94. The number of nitrogens with two attached hydrogens (primary N) is 1. The molecule has 6 heteroatoms. The molecule has 0 fully saturated rings. The summed E-state index contributed by atoms with van der Waals surface area (Å²) in [5, 5.41) is 10.6. The predicted molar refractivity (Wildman–Crippen MR) is 66.5 cm³/mol. The number of nitrogens with one attached hydrogen (secondary N) is 1. The maximum atomic E-state index is 5.94. The molecule has 0 saturated heterocycles. The number of hydrogen-bond acceptors (Lipinski definition) is 5. The molecule has 0 radical (unpaired) electrons. The Morgan fingerprint density at radius 1 is 1.56 bits per heavy atom. The summed E-state index contributed by atoms with van der Waals surface area (Å²) in [6.07, 6.45) is 1.80. The molecule has 3 N–H and O–H groups in total. The van der Waals surface area contributed by atoms with Crippen molar-refractivity contribution in [1.82, 2.24) is 14.8 Å². The molecule has 2 aromatic heterocycles. The van der Waals surface area contributed by atoms with E-state index in [4.69, 9.17) is 5.73 Å². The first-order chi connectivity index (χ1) is 7.59. The van der Waals surface area contributed by atoms with Gasteiger partial charge in [-0.15, -0.1) is 11.3 Å². The number of nitrogen functional groups attached to an aromatic ring is 1. The highest BCUT2D eigenvalue weighted by Gasteiger charge is 2.14. The molecule has 2 rings (SSSR count). The van der Waals surface area contributed by atoms with Crippen molar-refractivity contribution in [2.75, 3.05) is 11.1 Å². The van der Waals surface area contributed by atoms with E-state index in [1.165, 1.54) is 0 Å². The monoisotopic (exact) mass is 237 g/mol. The Morgan fingerprint density at radius 2 is 2.31 bits per heavy atom. The van der Waals surface area contributed by atoms with Crippen molar-refractivity contribution < 1.29 is 0 Å². The highest BCUT2D eigenvalue weighted by atomic mass is 32.1. The van der Waals surface area contributed by atoms with Gasteiger partial charge in [-0.2, -0.15) is 5.10 Å². The van der Waals surface area contributed by atoms with Gasteiger partial charge in [0.05, 0.1) is 17.4 Å². The smallest absolute Gasteiger partial charge is 0.148 e. The van der Waals surface area contributed by atoms with Crippen LogP contribution in [0.25, 0.3) is 0 Å². The zero-order chi connectivity index (χ0) is 11.7. The average Bonchev–Trinajstić information content (AvgIpc) is 2.83. The van der Waals surface area contributed by atoms with Crippen LogP contribution in [0, 0.1) is 6.92 Å². The van der Waals surface area contributed by atoms with E-state index in [9.17, 15) is 0 Å². The molecule has 5 nitrogen and oxygen atoms in total. The van der Waals surface area contributed by atoms with E-state index in [-0.39, 0.29) is 6.04 Å². The lowest BCUT2D eigenvalue weighted by Gasteiger charge is -2.13. The second-order valence-electron chi connectivity index (χ2n) is 3.71. The van der Waals surface area contributed by atoms with Crippen LogP contribution in [0.4, 0.5) is 11.5 Å². The third kappa shape index (κ3) is 1.88. The van der Waals surface area contributed by atoms with Crippen molar-refractivity contribution in [3.05, 3.63) is 22.3 Å². The molecule has 0 amide bonds. The summed E-state index contributed by atoms with van der Waals surface area (Å²) >= 11 is 1.62. The van der Waals surface area contributed by atoms with E-state index in [1.807, 2.05) is 19.4 Å². The van der Waals surface area contributed by atoms with Gasteiger partial charge in [0, 0.05) is 18.6 Å². The standard InChI is InChI=1S/C10H15N5S/c1-6-8(11)9(15(3)14-6)13-7(2)10-12-4-5-16-10/h4-5,7,13H,11H2,1-3H3. The van der Waals surface area contributed by atoms with Crippen molar-refractivity contribution in [3.63, 3.8) is 0 Å². The normalized spacial score (nSPS) is 12.7. The maximum Gasteiger partial charge on any atom is 0.148 e. The highest BCUT2D eigenvalue weighted by molar-refractivity contribution is 7.09. The fourth-order valence-corrected chi connectivity index (χ4v) is 2.21. The van der Waals surface area contributed by atoms with Crippen LogP contribution in [0.5, 0.6) is 0 Å². The first-order valence-electron chi connectivity index (χ1n) is 5.04. The molecular formula is C10H15N5S. The topological polar surface area (TPSA) is 68.8 Å². The first-order valence-corrected chi connectivity index (χ1v) is 5.92. The Balaban J connectivity index is 2.21. The molecule has 0 aromatic carbocycles. The molecule has 16 heavy (non-hydrogen) atoms. The van der Waals surface area contributed by atoms with Crippen LogP contribution in [-0.4, -0.2) is 14.8 Å². The van der Waals surface area contributed by atoms with Gasteiger partial charge >= 0.3 is 0 Å². The van der Waals surface area contributed by atoms with Crippen molar-refractivity contribution in [1.29, 1.82) is 0 Å². The number of thiazole rings is 1. The lowest BCUT2D eigenvalue weighted by molar-refractivity contribution is 0.741. The molecule has 0 bridgehead atoms. The Bertz CT molecular complexity index is 474. The summed E-state index contributed by atoms with van der Waals surface area (Å²) in [7, 11) is 1.88. The van der Waals surface area contributed by atoms with Crippen LogP contribution in [0.2, 0.25) is 0 Å². The molecule has 0 aliphatic heterocycles. The molecule has 0 aliphatic carbocycles. The van der Waals surface area contributed by atoms with E-state index in [1.54, 1.807) is 22.2 Å². The van der Waals surface area contributed by atoms with Crippen LogP contribution in [0.3, 0.4) is 0 Å². The average molecular weight is 237 g/mol. The van der Waals surface area contributed by atoms with Crippen LogP contribution in [0.1, 0.15) is 23.7 Å². The van der Waals surface area contributed by atoms with Gasteiger partial charge in [-0.25, -0.2) is 4.98 Å². The van der Waals surface area contributed by atoms with Crippen molar-refractivity contribution in [2.45, 2.75) is 19.9 Å². The molecule has 1 atom stereocenters. The number of aryl methyl sites for hydroxylation is 2. The second kappa shape index (κ2) is 4.13. The van der Waals surface area contributed by atoms with Gasteiger partial charge in [0.25, 0.3) is 0 Å². The van der Waals surface area contributed by atoms with E-state index in [0.29, 0.717) is 5.69 Å². The zero-order valence-corrected chi connectivity index (χ0v) is 10.4. The zero-order valence-electron chi connectivity index (χ0n) is 9.56. The van der Waals surface area contributed by atoms with Gasteiger partial charge in [0.2, 0.25) is 0 Å². The highest BCUT2D eigenvalue weighted by Crippen LogP contribution is 2.26. The minimum Gasteiger partial charge on any atom is -0.394 e. The van der Waals surface area contributed by atoms with Gasteiger partial charge in [0.1, 0.15) is 10.8 Å². The molecule has 2 heterocycles. The van der Waals surface area contributed by atoms with Gasteiger partial charge in [-0.1, -0.05) is 0 Å². The predicted octanol–water partition coefficient (Wildman–Crippen LogP) is 1.94. The Morgan fingerprint density at radius 3 is 2.81 bits per heavy atom. The van der Waals surface area contributed by atoms with E-state index in [2.05, 4.69) is 22.3 Å². The van der Waals surface area contributed by atoms with Crippen molar-refractivity contribution in [3.8, 4) is 0 Å². The summed E-state index contributed by atoms with van der Waals surface area (Å²) in [4.78, 5) is 4.26. The fraction of sp³-hybridized carbons (Fsp3) is 0.400. The number of anilines is 2. The Hall–Kier alpha value is -1.56. The number of aromatic nitrogens is 3. The molecule has 1 unspecified atom stereocenters. The summed E-state index contributed by atoms with van der Waals surface area (Å²) in [5.41, 5.74) is 7.49. The summed E-state index contributed by atoms with van der Waals surface area (Å²) < 4.78 is 1.76. The molecule has 86 valence electrons. The van der Waals surface area contributed by atoms with Crippen LogP contribution >= 0.6 is 11.3 Å². The number of rotatable bonds is 3. The number of nitrogens with zero attached hydrogens (tertiary/aromatic N) is 3.